The minimum Gasteiger partial charge on any atom is -0.195 e. The van der Waals surface area contributed by atoms with Crippen molar-refractivity contribution in [3.8, 4) is 6.07 Å². The lowest BCUT2D eigenvalue weighted by molar-refractivity contribution is 0.208. The van der Waals surface area contributed by atoms with Gasteiger partial charge in [0.25, 0.3) is 0 Å². The quantitative estimate of drug-likeness (QED) is 0.241. The first-order valence-corrected chi connectivity index (χ1v) is 12.5. The molecule has 0 aliphatic heterocycles. The molecule has 28 heavy (non-hydrogen) atoms. The maximum absolute atomic E-state index is 12.9. The third kappa shape index (κ3) is 9.58. The maximum atomic E-state index is 12.9. The molecule has 1 nitrogen and oxygen atoms in total. The van der Waals surface area contributed by atoms with Crippen LogP contribution in [0, 0.1) is 35.0 Å². The molecule has 0 radical (unpaired) electrons. The fraction of sp³-hybridized carbons (Fsp3) is 0.885. The molecule has 2 aliphatic carbocycles. The molecule has 160 valence electrons. The summed E-state index contributed by atoms with van der Waals surface area (Å²) in [6, 6.07) is 1.57. The third-order valence-corrected chi connectivity index (χ3v) is 7.64. The molecule has 0 atom stereocenters. The van der Waals surface area contributed by atoms with Gasteiger partial charge in [0.1, 0.15) is 6.07 Å². The second kappa shape index (κ2) is 14.2. The summed E-state index contributed by atoms with van der Waals surface area (Å²) < 4.78 is 12.9. The third-order valence-electron chi connectivity index (χ3n) is 7.64. The molecule has 0 N–H and O–H groups in total. The number of allylic oxidation sites excluding steroid dienone is 2. The minimum absolute atomic E-state index is 0.611. The van der Waals surface area contributed by atoms with Crippen molar-refractivity contribution in [3.05, 3.63) is 11.9 Å². The molecular formula is C26H44FN. The lowest BCUT2D eigenvalue weighted by atomic mass is 9.74. The van der Waals surface area contributed by atoms with Crippen LogP contribution in [-0.4, -0.2) is 0 Å². The maximum Gasteiger partial charge on any atom is 0.196 e. The van der Waals surface area contributed by atoms with Crippen LogP contribution in [0.4, 0.5) is 4.39 Å². The van der Waals surface area contributed by atoms with Crippen LogP contribution in [0.15, 0.2) is 11.9 Å². The topological polar surface area (TPSA) is 23.8 Å². The van der Waals surface area contributed by atoms with Gasteiger partial charge in [0.15, 0.2) is 5.83 Å². The zero-order valence-corrected chi connectivity index (χ0v) is 18.4. The molecule has 2 rings (SSSR count). The van der Waals surface area contributed by atoms with Crippen LogP contribution in [0.25, 0.3) is 0 Å². The lowest BCUT2D eigenvalue weighted by Gasteiger charge is -2.32. The van der Waals surface area contributed by atoms with Crippen LogP contribution in [0.2, 0.25) is 0 Å². The van der Waals surface area contributed by atoms with Crippen molar-refractivity contribution in [2.45, 2.75) is 122 Å². The second-order valence-corrected chi connectivity index (χ2v) is 9.79. The average molecular weight is 390 g/mol. The summed E-state index contributed by atoms with van der Waals surface area (Å²) in [5, 5.41) is 8.46. The zero-order valence-electron chi connectivity index (χ0n) is 18.4. The van der Waals surface area contributed by atoms with Gasteiger partial charge in [-0.05, 0) is 42.6 Å². The molecule has 0 saturated heterocycles. The number of halogens is 1. The number of hydrogen-bond donors (Lipinski definition) is 0. The fourth-order valence-electron chi connectivity index (χ4n) is 5.62. The summed E-state index contributed by atoms with van der Waals surface area (Å²) in [5.41, 5.74) is 0. The minimum atomic E-state index is -0.611. The number of nitriles is 1. The molecule has 2 heteroatoms. The average Bonchev–Trinajstić information content (AvgIpc) is 2.73. The monoisotopic (exact) mass is 389 g/mol. The summed E-state index contributed by atoms with van der Waals surface area (Å²) in [7, 11) is 0. The van der Waals surface area contributed by atoms with E-state index in [1.54, 1.807) is 6.07 Å². The number of rotatable bonds is 12. The van der Waals surface area contributed by atoms with Gasteiger partial charge in [0.2, 0.25) is 0 Å². The first kappa shape index (κ1) is 23.4. The van der Waals surface area contributed by atoms with E-state index in [-0.39, 0.29) is 0 Å². The van der Waals surface area contributed by atoms with Crippen LogP contribution < -0.4 is 0 Å². The summed E-state index contributed by atoms with van der Waals surface area (Å²) in [4.78, 5) is 0. The van der Waals surface area contributed by atoms with Crippen LogP contribution in [0.5, 0.6) is 0 Å². The molecular weight excluding hydrogens is 345 g/mol. The van der Waals surface area contributed by atoms with E-state index in [2.05, 4.69) is 6.92 Å². The van der Waals surface area contributed by atoms with E-state index in [4.69, 9.17) is 5.26 Å². The highest BCUT2D eigenvalue weighted by molar-refractivity contribution is 5.11. The van der Waals surface area contributed by atoms with Crippen molar-refractivity contribution in [2.75, 3.05) is 0 Å². The van der Waals surface area contributed by atoms with Crippen molar-refractivity contribution < 1.29 is 4.39 Å². The molecule has 0 heterocycles. The number of unbranched alkanes of at least 4 members (excludes halogenated alkanes) is 4. The highest BCUT2D eigenvalue weighted by Crippen LogP contribution is 2.38. The van der Waals surface area contributed by atoms with Crippen LogP contribution in [0.3, 0.4) is 0 Å². The van der Waals surface area contributed by atoms with Gasteiger partial charge in [-0.2, -0.15) is 9.65 Å². The molecule has 0 spiro atoms. The first-order chi connectivity index (χ1) is 13.7. The van der Waals surface area contributed by atoms with E-state index >= 15 is 0 Å². The fourth-order valence-corrected chi connectivity index (χ4v) is 5.62. The normalized spacial score (nSPS) is 28.8. The van der Waals surface area contributed by atoms with Crippen molar-refractivity contribution in [3.63, 3.8) is 0 Å². The van der Waals surface area contributed by atoms with Crippen molar-refractivity contribution in [2.24, 2.45) is 23.7 Å². The number of nitrogens with zero attached hydrogens (tertiary/aromatic N) is 1. The van der Waals surface area contributed by atoms with Crippen LogP contribution >= 0.6 is 0 Å². The molecule has 0 aromatic heterocycles. The van der Waals surface area contributed by atoms with E-state index in [9.17, 15) is 4.39 Å². The molecule has 2 saturated carbocycles. The van der Waals surface area contributed by atoms with E-state index in [1.165, 1.54) is 109 Å². The van der Waals surface area contributed by atoms with Crippen molar-refractivity contribution in [1.29, 1.82) is 5.26 Å². The Morgan fingerprint density at radius 1 is 0.750 bits per heavy atom. The lowest BCUT2D eigenvalue weighted by Crippen LogP contribution is -2.18. The standard InChI is InChI=1S/C26H44FN/c1-2-3-4-5-6-8-22-11-15-24(16-12-22)19-20-25-17-13-23(14-18-25)9-7-10-26(27)21-28/h10,22-25H,2-9,11-20H2,1H3. The zero-order chi connectivity index (χ0) is 20.0. The SMILES string of the molecule is CCCCCCCC1CCC(CCC2CCC(CCC=C(F)C#N)CC2)CC1. The number of hydrogen-bond acceptors (Lipinski definition) is 1. The highest BCUT2D eigenvalue weighted by atomic mass is 19.1. The Morgan fingerprint density at radius 3 is 1.71 bits per heavy atom. The predicted octanol–water partition coefficient (Wildman–Crippen LogP) is 8.90. The van der Waals surface area contributed by atoms with E-state index in [0.29, 0.717) is 0 Å². The molecule has 0 amide bonds. The second-order valence-electron chi connectivity index (χ2n) is 9.79. The molecule has 2 aliphatic rings. The Bertz CT molecular complexity index is 461. The van der Waals surface area contributed by atoms with Crippen LogP contribution in [0.1, 0.15) is 122 Å². The van der Waals surface area contributed by atoms with Gasteiger partial charge in [-0.15, -0.1) is 0 Å². The Labute approximate surface area is 174 Å². The van der Waals surface area contributed by atoms with Gasteiger partial charge in [-0.3, -0.25) is 0 Å². The van der Waals surface area contributed by atoms with Crippen LogP contribution in [-0.2, 0) is 0 Å². The van der Waals surface area contributed by atoms with Gasteiger partial charge in [0, 0.05) is 0 Å². The van der Waals surface area contributed by atoms with Gasteiger partial charge in [0.05, 0.1) is 0 Å². The Morgan fingerprint density at radius 2 is 1.21 bits per heavy atom. The van der Waals surface area contributed by atoms with Crippen molar-refractivity contribution >= 4 is 0 Å². The molecule has 2 fully saturated rings. The Balaban J connectivity index is 1.49. The summed E-state index contributed by atoms with van der Waals surface area (Å²) in [5.74, 6) is 3.13. The molecule has 0 aromatic rings. The molecule has 0 unspecified atom stereocenters. The highest BCUT2D eigenvalue weighted by Gasteiger charge is 2.24. The van der Waals surface area contributed by atoms with E-state index in [0.717, 1.165) is 36.5 Å². The predicted molar refractivity (Wildman–Crippen MR) is 118 cm³/mol. The first-order valence-electron chi connectivity index (χ1n) is 12.5. The summed E-state index contributed by atoms with van der Waals surface area (Å²) in [6.07, 6.45) is 26.2. The van der Waals surface area contributed by atoms with Gasteiger partial charge >= 0.3 is 0 Å². The molecule has 0 aromatic carbocycles. The summed E-state index contributed by atoms with van der Waals surface area (Å²) in [6.45, 7) is 2.30. The van der Waals surface area contributed by atoms with Gasteiger partial charge in [-0.25, -0.2) is 0 Å². The Kier molecular flexibility index (Phi) is 11.9. The van der Waals surface area contributed by atoms with Crippen molar-refractivity contribution in [1.82, 2.24) is 0 Å². The van der Waals surface area contributed by atoms with Gasteiger partial charge < -0.3 is 0 Å². The Hall–Kier alpha value is -0.840. The molecule has 0 bridgehead atoms. The largest absolute Gasteiger partial charge is 0.196 e. The smallest absolute Gasteiger partial charge is 0.195 e. The van der Waals surface area contributed by atoms with Gasteiger partial charge in [-0.1, -0.05) is 110 Å². The van der Waals surface area contributed by atoms with E-state index in [1.807, 2.05) is 0 Å². The van der Waals surface area contributed by atoms with E-state index < -0.39 is 5.83 Å². The summed E-state index contributed by atoms with van der Waals surface area (Å²) >= 11 is 0.